The molecule has 0 aliphatic rings. The molecule has 3 aromatic carbocycles. The lowest BCUT2D eigenvalue weighted by Crippen LogP contribution is -2.42. The molecule has 0 N–H and O–H groups in total. The van der Waals surface area contributed by atoms with Crippen molar-refractivity contribution in [3.63, 3.8) is 0 Å². The third-order valence-electron chi connectivity index (χ3n) is 6.93. The van der Waals surface area contributed by atoms with E-state index in [-0.39, 0.29) is 21.1 Å². The molecule has 0 unspecified atom stereocenters. The van der Waals surface area contributed by atoms with Crippen molar-refractivity contribution in [3.8, 4) is 0 Å². The number of hydrogen-bond acceptors (Lipinski definition) is 10. The Morgan fingerprint density at radius 1 is 0.659 bits per heavy atom. The van der Waals surface area contributed by atoms with E-state index in [0.717, 1.165) is 26.6 Å². The van der Waals surface area contributed by atoms with Crippen LogP contribution in [-0.4, -0.2) is 51.4 Å². The number of carbonyl (C=O) groups excluding carboxylic acids is 2. The highest BCUT2D eigenvalue weighted by Gasteiger charge is 2.51. The van der Waals surface area contributed by atoms with Crippen molar-refractivity contribution in [1.82, 2.24) is 0 Å². The fraction of sp³-hybridized carbons (Fsp3) is 0.226. The van der Waals surface area contributed by atoms with Crippen molar-refractivity contribution in [2.45, 2.75) is 40.9 Å². The number of hydrogen-bond donors (Lipinski definition) is 0. The monoisotopic (exact) mass is 660 g/mol. The first-order valence-corrected chi connectivity index (χ1v) is 17.7. The molecule has 0 amide bonds. The number of methoxy groups -OCH3 is 2. The van der Waals surface area contributed by atoms with Gasteiger partial charge in [0.2, 0.25) is 19.7 Å². The van der Waals surface area contributed by atoms with Crippen LogP contribution in [0.3, 0.4) is 0 Å². The Morgan fingerprint density at radius 2 is 1.07 bits per heavy atom. The van der Waals surface area contributed by atoms with Gasteiger partial charge in [0.1, 0.15) is 0 Å². The number of esters is 2. The third-order valence-corrected chi connectivity index (χ3v) is 12.5. The van der Waals surface area contributed by atoms with Crippen LogP contribution in [0.25, 0.3) is 0 Å². The SMILES string of the molecule is COC(=O)C(CC/C=C/S(=O)(=O)c1ccccc1)(C/C(=C(\C)S(=O)(=O)c1ccccc1)S(=O)(=O)c1ccccc1)C(=O)OC. The van der Waals surface area contributed by atoms with Gasteiger partial charge in [-0.1, -0.05) is 60.7 Å². The van der Waals surface area contributed by atoms with Crippen molar-refractivity contribution in [2.75, 3.05) is 14.2 Å². The van der Waals surface area contributed by atoms with E-state index in [4.69, 9.17) is 9.47 Å². The zero-order valence-corrected chi connectivity index (χ0v) is 26.7. The van der Waals surface area contributed by atoms with Crippen LogP contribution < -0.4 is 0 Å². The number of rotatable bonds is 13. The fourth-order valence-electron chi connectivity index (χ4n) is 4.48. The molecule has 0 radical (unpaired) electrons. The van der Waals surface area contributed by atoms with Crippen LogP contribution >= 0.6 is 0 Å². The molecule has 0 bridgehead atoms. The summed E-state index contributed by atoms with van der Waals surface area (Å²) in [6.07, 6.45) is -0.425. The predicted octanol–water partition coefficient (Wildman–Crippen LogP) is 4.66. The van der Waals surface area contributed by atoms with Crippen LogP contribution in [0.2, 0.25) is 0 Å². The molecule has 0 saturated heterocycles. The lowest BCUT2D eigenvalue weighted by atomic mass is 9.79. The summed E-state index contributed by atoms with van der Waals surface area (Å²) in [6, 6.07) is 21.6. The average molecular weight is 661 g/mol. The summed E-state index contributed by atoms with van der Waals surface area (Å²) < 4.78 is 90.8. The van der Waals surface area contributed by atoms with Crippen LogP contribution in [0.1, 0.15) is 26.2 Å². The minimum Gasteiger partial charge on any atom is -0.468 e. The normalized spacial score (nSPS) is 13.2. The second-order valence-electron chi connectivity index (χ2n) is 9.62. The fourth-order valence-corrected chi connectivity index (χ4v) is 9.07. The summed E-state index contributed by atoms with van der Waals surface area (Å²) in [7, 11) is -11.0. The van der Waals surface area contributed by atoms with Gasteiger partial charge in [-0.25, -0.2) is 25.3 Å². The molecule has 13 heteroatoms. The zero-order chi connectivity index (χ0) is 32.6. The van der Waals surface area contributed by atoms with Gasteiger partial charge in [0.05, 0.1) is 38.7 Å². The lowest BCUT2D eigenvalue weighted by Gasteiger charge is -2.29. The molecule has 0 spiro atoms. The first kappa shape index (κ1) is 34.4. The van der Waals surface area contributed by atoms with Crippen molar-refractivity contribution in [2.24, 2.45) is 5.41 Å². The molecule has 0 saturated carbocycles. The minimum absolute atomic E-state index is 0.0179. The number of sulfone groups is 3. The highest BCUT2D eigenvalue weighted by Crippen LogP contribution is 2.41. The number of ether oxygens (including phenoxy) is 2. The van der Waals surface area contributed by atoms with Gasteiger partial charge in [0, 0.05) is 11.8 Å². The minimum atomic E-state index is -4.63. The standard InChI is InChI=1S/C31H32O10S3/c1-24(43(36,37)26-17-9-5-10-18-26)28(44(38,39)27-19-11-6-12-20-27)23-31(29(32)40-2,30(33)41-3)21-13-14-22-42(34,35)25-15-7-4-8-16-25/h4-12,14-20,22H,13,21,23H2,1-3H3/b22-14+,28-24-. The molecule has 0 aliphatic heterocycles. The van der Waals surface area contributed by atoms with Gasteiger partial charge >= 0.3 is 11.9 Å². The predicted molar refractivity (Wildman–Crippen MR) is 163 cm³/mol. The molecular formula is C31H32O10S3. The highest BCUT2D eigenvalue weighted by atomic mass is 32.2. The topological polar surface area (TPSA) is 155 Å². The summed E-state index contributed by atoms with van der Waals surface area (Å²) >= 11 is 0. The van der Waals surface area contributed by atoms with Crippen molar-refractivity contribution in [1.29, 1.82) is 0 Å². The average Bonchev–Trinajstić information content (AvgIpc) is 3.04. The smallest absolute Gasteiger partial charge is 0.323 e. The van der Waals surface area contributed by atoms with Gasteiger partial charge in [-0.3, -0.25) is 9.59 Å². The molecule has 0 aliphatic carbocycles. The molecule has 234 valence electrons. The molecule has 10 nitrogen and oxygen atoms in total. The van der Waals surface area contributed by atoms with Gasteiger partial charge in [0.15, 0.2) is 15.3 Å². The van der Waals surface area contributed by atoms with E-state index >= 15 is 0 Å². The van der Waals surface area contributed by atoms with Gasteiger partial charge in [-0.2, -0.15) is 0 Å². The number of allylic oxidation sites excluding steroid dienone is 3. The van der Waals surface area contributed by atoms with Crippen LogP contribution in [0, 0.1) is 5.41 Å². The molecular weight excluding hydrogens is 629 g/mol. The Kier molecular flexibility index (Phi) is 11.1. The maximum atomic E-state index is 14.0. The van der Waals surface area contributed by atoms with Gasteiger partial charge in [-0.05, 0) is 56.2 Å². The van der Waals surface area contributed by atoms with Crippen LogP contribution in [0.5, 0.6) is 0 Å². The molecule has 0 atom stereocenters. The van der Waals surface area contributed by atoms with E-state index in [1.54, 1.807) is 30.3 Å². The Hall–Kier alpha value is -4.07. The van der Waals surface area contributed by atoms with Gasteiger partial charge in [-0.15, -0.1) is 0 Å². The molecule has 44 heavy (non-hydrogen) atoms. The number of carbonyl (C=O) groups is 2. The molecule has 0 fully saturated rings. The van der Waals surface area contributed by atoms with Crippen molar-refractivity contribution < 1.29 is 44.3 Å². The summed E-state index contributed by atoms with van der Waals surface area (Å²) in [5.74, 6) is -2.37. The zero-order valence-electron chi connectivity index (χ0n) is 24.2. The third kappa shape index (κ3) is 7.34. The first-order valence-electron chi connectivity index (χ1n) is 13.2. The van der Waals surface area contributed by atoms with E-state index in [0.29, 0.717) is 0 Å². The quantitative estimate of drug-likeness (QED) is 0.187. The summed E-state index contributed by atoms with van der Waals surface area (Å²) in [5.41, 5.74) is -2.37. The van der Waals surface area contributed by atoms with Crippen LogP contribution in [-0.2, 0) is 48.6 Å². The van der Waals surface area contributed by atoms with Crippen molar-refractivity contribution in [3.05, 3.63) is 112 Å². The Balaban J connectivity index is 2.21. The Bertz CT molecular complexity index is 1850. The summed E-state index contributed by atoms with van der Waals surface area (Å²) in [5, 5.41) is 0.907. The van der Waals surface area contributed by atoms with Crippen LogP contribution in [0.15, 0.2) is 127 Å². The Morgan fingerprint density at radius 3 is 1.50 bits per heavy atom. The Labute approximate surface area is 257 Å². The summed E-state index contributed by atoms with van der Waals surface area (Å²) in [6.45, 7) is 1.09. The molecule has 0 aromatic heterocycles. The van der Waals surface area contributed by atoms with E-state index in [2.05, 4.69) is 0 Å². The maximum absolute atomic E-state index is 14.0. The van der Waals surface area contributed by atoms with E-state index in [1.807, 2.05) is 0 Å². The second kappa shape index (κ2) is 14.1. The lowest BCUT2D eigenvalue weighted by molar-refractivity contribution is -0.169. The highest BCUT2D eigenvalue weighted by molar-refractivity contribution is 7.99. The van der Waals surface area contributed by atoms with E-state index in [9.17, 15) is 34.8 Å². The van der Waals surface area contributed by atoms with Gasteiger partial charge < -0.3 is 9.47 Å². The number of benzene rings is 3. The van der Waals surface area contributed by atoms with Gasteiger partial charge in [0.25, 0.3) is 0 Å². The molecule has 3 rings (SSSR count). The largest absolute Gasteiger partial charge is 0.468 e. The van der Waals surface area contributed by atoms with Crippen LogP contribution in [0.4, 0.5) is 0 Å². The molecule has 3 aromatic rings. The van der Waals surface area contributed by atoms with E-state index < -0.39 is 69.5 Å². The second-order valence-corrected chi connectivity index (χ2v) is 15.5. The van der Waals surface area contributed by atoms with Crippen molar-refractivity contribution >= 4 is 41.5 Å². The van der Waals surface area contributed by atoms with E-state index in [1.165, 1.54) is 66.7 Å². The summed E-state index contributed by atoms with van der Waals surface area (Å²) in [4.78, 5) is 24.9. The first-order chi connectivity index (χ1) is 20.7. The maximum Gasteiger partial charge on any atom is 0.323 e. The molecule has 0 heterocycles.